The fourth-order valence-corrected chi connectivity index (χ4v) is 2.59. The summed E-state index contributed by atoms with van der Waals surface area (Å²) >= 11 is 0. The van der Waals surface area contributed by atoms with Gasteiger partial charge in [0.15, 0.2) is 0 Å². The highest BCUT2D eigenvalue weighted by atomic mass is 15.0. The van der Waals surface area contributed by atoms with Crippen molar-refractivity contribution in [1.82, 2.24) is 20.6 Å². The largest absolute Gasteiger partial charge is 0.386 e. The van der Waals surface area contributed by atoms with Crippen molar-refractivity contribution in [2.75, 3.05) is 13.6 Å². The lowest BCUT2D eigenvalue weighted by Gasteiger charge is -2.11. The molecule has 1 aliphatic heterocycles. The summed E-state index contributed by atoms with van der Waals surface area (Å²) < 4.78 is 0. The minimum absolute atomic E-state index is 0.208. The van der Waals surface area contributed by atoms with Gasteiger partial charge in [0, 0.05) is 12.3 Å². The molecule has 0 amide bonds. The molecular weight excluding hydrogens is 288 g/mol. The fourth-order valence-electron chi connectivity index (χ4n) is 2.59. The van der Waals surface area contributed by atoms with Gasteiger partial charge in [-0.25, -0.2) is 9.98 Å². The molecule has 124 valence electrons. The van der Waals surface area contributed by atoms with Crippen molar-refractivity contribution in [2.24, 2.45) is 10.7 Å². The van der Waals surface area contributed by atoms with Gasteiger partial charge in [-0.1, -0.05) is 19.3 Å². The van der Waals surface area contributed by atoms with E-state index in [1.807, 2.05) is 7.05 Å². The molecule has 0 radical (unpaired) electrons. The van der Waals surface area contributed by atoms with Crippen molar-refractivity contribution in [3.63, 3.8) is 0 Å². The van der Waals surface area contributed by atoms with Gasteiger partial charge in [0.25, 0.3) is 0 Å². The van der Waals surface area contributed by atoms with Crippen LogP contribution in [0, 0.1) is 11.8 Å². The van der Waals surface area contributed by atoms with Crippen LogP contribution in [0.4, 0.5) is 0 Å². The van der Waals surface area contributed by atoms with Gasteiger partial charge in [0.1, 0.15) is 17.4 Å². The Bertz CT molecular complexity index is 598. The van der Waals surface area contributed by atoms with E-state index in [0.29, 0.717) is 5.84 Å². The van der Waals surface area contributed by atoms with Gasteiger partial charge in [0.05, 0.1) is 18.3 Å². The Kier molecular flexibility index (Phi) is 6.85. The number of nitrogens with one attached hydrogen (secondary N) is 3. The van der Waals surface area contributed by atoms with Crippen LogP contribution in [0.15, 0.2) is 23.5 Å². The molecule has 0 aliphatic carbocycles. The third-order valence-corrected chi connectivity index (χ3v) is 3.86. The Balaban J connectivity index is 1.90. The van der Waals surface area contributed by atoms with Crippen LogP contribution in [0.25, 0.3) is 0 Å². The summed E-state index contributed by atoms with van der Waals surface area (Å²) in [5, 5.41) is 6.56. The molecule has 0 bridgehead atoms. The van der Waals surface area contributed by atoms with Gasteiger partial charge in [-0.15, -0.1) is 0 Å². The monoisotopic (exact) mass is 314 g/mol. The van der Waals surface area contributed by atoms with Crippen LogP contribution >= 0.6 is 0 Å². The molecule has 1 aromatic heterocycles. The lowest BCUT2D eigenvalue weighted by molar-refractivity contribution is 0.518. The summed E-state index contributed by atoms with van der Waals surface area (Å²) in [4.78, 5) is 11.8. The van der Waals surface area contributed by atoms with Crippen molar-refractivity contribution in [3.8, 4) is 11.8 Å². The lowest BCUT2D eigenvalue weighted by atomic mass is 10.1. The van der Waals surface area contributed by atoms with Crippen LogP contribution in [0.1, 0.15) is 50.2 Å². The Morgan fingerprint density at radius 3 is 3.22 bits per heavy atom. The zero-order valence-electron chi connectivity index (χ0n) is 13.9. The predicted molar refractivity (Wildman–Crippen MR) is 94.0 cm³/mol. The quantitative estimate of drug-likeness (QED) is 0.363. The van der Waals surface area contributed by atoms with Gasteiger partial charge in [-0.2, -0.15) is 0 Å². The number of imidazole rings is 1. The highest BCUT2D eigenvalue weighted by Crippen LogP contribution is 2.14. The Hall–Kier alpha value is -2.10. The molecule has 23 heavy (non-hydrogen) atoms. The van der Waals surface area contributed by atoms with E-state index in [9.17, 15) is 0 Å². The molecule has 1 aliphatic rings. The van der Waals surface area contributed by atoms with Gasteiger partial charge in [-0.3, -0.25) is 0 Å². The van der Waals surface area contributed by atoms with Crippen LogP contribution in [0.2, 0.25) is 0 Å². The van der Waals surface area contributed by atoms with Crippen LogP contribution in [-0.2, 0) is 0 Å². The molecule has 0 saturated carbocycles. The van der Waals surface area contributed by atoms with E-state index in [1.165, 1.54) is 0 Å². The van der Waals surface area contributed by atoms with Gasteiger partial charge >= 0.3 is 0 Å². The van der Waals surface area contributed by atoms with Gasteiger partial charge in [0.2, 0.25) is 0 Å². The smallest absolute Gasteiger partial charge is 0.124 e. The summed E-state index contributed by atoms with van der Waals surface area (Å²) in [6.45, 7) is 3.17. The van der Waals surface area contributed by atoms with E-state index in [2.05, 4.69) is 44.4 Å². The molecule has 1 saturated heterocycles. The SMILES string of the molecule is CCC[C@H](NC)c1ncc(C#C/C=C/N=C(N)[C@@H]2CCCN2)[nH]1. The molecule has 6 heteroatoms. The maximum Gasteiger partial charge on any atom is 0.124 e. The number of hydrogen-bond acceptors (Lipinski definition) is 4. The number of rotatable bonds is 6. The zero-order chi connectivity index (χ0) is 16.5. The van der Waals surface area contributed by atoms with Crippen LogP contribution in [0.5, 0.6) is 0 Å². The highest BCUT2D eigenvalue weighted by molar-refractivity contribution is 5.86. The molecule has 0 unspecified atom stereocenters. The second kappa shape index (κ2) is 9.13. The Morgan fingerprint density at radius 1 is 1.65 bits per heavy atom. The molecule has 1 fully saturated rings. The van der Waals surface area contributed by atoms with Crippen LogP contribution in [-0.4, -0.2) is 35.4 Å². The van der Waals surface area contributed by atoms with E-state index in [-0.39, 0.29) is 12.1 Å². The average molecular weight is 314 g/mol. The summed E-state index contributed by atoms with van der Waals surface area (Å²) in [6, 6.07) is 0.453. The first-order valence-electron chi connectivity index (χ1n) is 8.19. The first-order valence-corrected chi connectivity index (χ1v) is 8.19. The highest BCUT2D eigenvalue weighted by Gasteiger charge is 2.16. The Morgan fingerprint density at radius 2 is 2.52 bits per heavy atom. The molecule has 2 heterocycles. The van der Waals surface area contributed by atoms with Gasteiger partial charge in [-0.05, 0) is 38.8 Å². The number of nitrogens with zero attached hydrogens (tertiary/aromatic N) is 2. The second-order valence-electron chi connectivity index (χ2n) is 5.60. The van der Waals surface area contributed by atoms with Crippen molar-refractivity contribution < 1.29 is 0 Å². The number of hydrogen-bond donors (Lipinski definition) is 4. The van der Waals surface area contributed by atoms with E-state index in [0.717, 1.165) is 43.7 Å². The molecule has 0 spiro atoms. The van der Waals surface area contributed by atoms with Crippen LogP contribution < -0.4 is 16.4 Å². The van der Waals surface area contributed by atoms with Crippen molar-refractivity contribution in [2.45, 2.75) is 44.7 Å². The number of aromatic amines is 1. The number of aliphatic imine (C=N–C) groups is 1. The van der Waals surface area contributed by atoms with Crippen molar-refractivity contribution in [1.29, 1.82) is 0 Å². The lowest BCUT2D eigenvalue weighted by Crippen LogP contribution is -2.36. The second-order valence-corrected chi connectivity index (χ2v) is 5.60. The summed E-state index contributed by atoms with van der Waals surface area (Å²) in [6.07, 6.45) is 9.45. The van der Waals surface area contributed by atoms with E-state index < -0.39 is 0 Å². The number of nitrogens with two attached hydrogens (primary N) is 1. The first-order chi connectivity index (χ1) is 11.2. The standard InChI is InChI=1S/C17H26N6/c1-3-7-15(19-2)17-22-12-13(23-17)8-4-5-10-21-16(18)14-9-6-11-20-14/h5,10,12,14-15,19-20H,3,6-7,9,11H2,1-2H3,(H2,18,21)(H,22,23)/b10-5+/t14-,15-/m0/s1. The maximum absolute atomic E-state index is 5.92. The zero-order valence-corrected chi connectivity index (χ0v) is 13.9. The minimum Gasteiger partial charge on any atom is -0.386 e. The van der Waals surface area contributed by atoms with E-state index in [4.69, 9.17) is 5.73 Å². The normalized spacial score (nSPS) is 19.7. The summed E-state index contributed by atoms with van der Waals surface area (Å²) in [5.41, 5.74) is 6.72. The molecule has 2 rings (SSSR count). The van der Waals surface area contributed by atoms with Crippen LogP contribution in [0.3, 0.4) is 0 Å². The third-order valence-electron chi connectivity index (χ3n) is 3.86. The van der Waals surface area contributed by atoms with Crippen molar-refractivity contribution in [3.05, 3.63) is 30.0 Å². The molecule has 6 nitrogen and oxygen atoms in total. The third kappa shape index (κ3) is 5.23. The fraction of sp³-hybridized carbons (Fsp3) is 0.529. The number of H-pyrrole nitrogens is 1. The molecule has 1 aromatic rings. The van der Waals surface area contributed by atoms with Gasteiger partial charge < -0.3 is 21.4 Å². The number of amidine groups is 1. The maximum atomic E-state index is 5.92. The van der Waals surface area contributed by atoms with Crippen molar-refractivity contribution >= 4 is 5.84 Å². The molecular formula is C17H26N6. The number of aromatic nitrogens is 2. The van der Waals surface area contributed by atoms with E-state index in [1.54, 1.807) is 18.5 Å². The summed E-state index contributed by atoms with van der Waals surface area (Å²) in [7, 11) is 1.94. The molecule has 2 atom stereocenters. The average Bonchev–Trinajstić information content (AvgIpc) is 3.23. The Labute approximate surface area is 138 Å². The molecule has 0 aromatic carbocycles. The first kappa shape index (κ1) is 17.3. The minimum atomic E-state index is 0.208. The molecule has 5 N–H and O–H groups in total. The van der Waals surface area contributed by atoms with E-state index >= 15 is 0 Å². The predicted octanol–water partition coefficient (Wildman–Crippen LogP) is 1.44. The summed E-state index contributed by atoms with van der Waals surface area (Å²) in [5.74, 6) is 7.52. The number of allylic oxidation sites excluding steroid dienone is 1. The topological polar surface area (TPSA) is 91.1 Å².